The van der Waals surface area contributed by atoms with Crippen LogP contribution in [0.1, 0.15) is 19.3 Å². The minimum Gasteiger partial charge on any atom is -0.481 e. The first-order valence-corrected chi connectivity index (χ1v) is 6.04. The molecule has 0 saturated carbocycles. The molecule has 1 heterocycles. The van der Waals surface area contributed by atoms with Crippen LogP contribution in [0.2, 0.25) is 0 Å². The maximum atomic E-state index is 11.6. The van der Waals surface area contributed by atoms with Gasteiger partial charge in [0.2, 0.25) is 5.91 Å². The van der Waals surface area contributed by atoms with Gasteiger partial charge in [0, 0.05) is 13.5 Å². The molecule has 1 aliphatic heterocycles. The third kappa shape index (κ3) is 4.44. The molecule has 1 fully saturated rings. The molecule has 21 heavy (non-hydrogen) atoms. The number of carbonyl (C=O) groups is 5. The Morgan fingerprint density at radius 1 is 1.33 bits per heavy atom. The van der Waals surface area contributed by atoms with Gasteiger partial charge >= 0.3 is 18.0 Å². The van der Waals surface area contributed by atoms with Crippen molar-refractivity contribution in [2.24, 2.45) is 0 Å². The van der Waals surface area contributed by atoms with E-state index < -0.39 is 48.3 Å². The van der Waals surface area contributed by atoms with Crippen LogP contribution < -0.4 is 10.6 Å². The topological polar surface area (TPSA) is 153 Å². The lowest BCUT2D eigenvalue weighted by atomic mass is 10.1. The number of nitrogens with one attached hydrogen (secondary N) is 2. The van der Waals surface area contributed by atoms with Gasteiger partial charge in [-0.3, -0.25) is 19.3 Å². The van der Waals surface area contributed by atoms with E-state index in [1.807, 2.05) is 0 Å². The zero-order chi connectivity index (χ0) is 16.2. The molecule has 0 aromatic carbocycles. The highest BCUT2D eigenvalue weighted by Crippen LogP contribution is 2.10. The minimum absolute atomic E-state index is 0.199. The maximum absolute atomic E-state index is 11.6. The van der Waals surface area contributed by atoms with Gasteiger partial charge in [0.05, 0.1) is 6.42 Å². The molecule has 0 aromatic rings. The van der Waals surface area contributed by atoms with E-state index in [1.54, 1.807) is 0 Å². The van der Waals surface area contributed by atoms with Crippen LogP contribution in [0, 0.1) is 0 Å². The molecule has 1 aliphatic rings. The van der Waals surface area contributed by atoms with Crippen molar-refractivity contribution >= 4 is 29.8 Å². The van der Waals surface area contributed by atoms with Crippen LogP contribution in [0.5, 0.6) is 0 Å². The van der Waals surface area contributed by atoms with E-state index in [1.165, 1.54) is 7.05 Å². The quantitative estimate of drug-likeness (QED) is 0.429. The number of likely N-dealkylation sites (N-methyl/N-ethyl adjacent to an activating group) is 1. The summed E-state index contributed by atoms with van der Waals surface area (Å²) in [6, 6.07) is -3.39. The number of amides is 4. The SMILES string of the molecule is CN1C(=O)CC(NC(=O)N[C@@H](CCC(=O)O)C(=O)O)C1=O. The first-order valence-electron chi connectivity index (χ1n) is 6.04. The van der Waals surface area contributed by atoms with Crippen molar-refractivity contribution in [2.45, 2.75) is 31.3 Å². The number of carboxylic acids is 2. The number of imide groups is 1. The molecular weight excluding hydrogens is 286 g/mol. The van der Waals surface area contributed by atoms with E-state index in [0.717, 1.165) is 4.90 Å². The summed E-state index contributed by atoms with van der Waals surface area (Å²) >= 11 is 0. The third-order valence-corrected chi connectivity index (χ3v) is 2.94. The van der Waals surface area contributed by atoms with Gasteiger partial charge in [-0.2, -0.15) is 0 Å². The Hall–Kier alpha value is -2.65. The lowest BCUT2D eigenvalue weighted by Crippen LogP contribution is -2.50. The van der Waals surface area contributed by atoms with E-state index >= 15 is 0 Å². The number of urea groups is 1. The summed E-state index contributed by atoms with van der Waals surface area (Å²) in [5.41, 5.74) is 0. The van der Waals surface area contributed by atoms with Gasteiger partial charge < -0.3 is 20.8 Å². The smallest absolute Gasteiger partial charge is 0.326 e. The Morgan fingerprint density at radius 3 is 2.38 bits per heavy atom. The lowest BCUT2D eigenvalue weighted by Gasteiger charge is -2.16. The molecule has 1 rings (SSSR count). The molecule has 4 amide bonds. The summed E-state index contributed by atoms with van der Waals surface area (Å²) in [5, 5.41) is 21.6. The van der Waals surface area contributed by atoms with Crippen molar-refractivity contribution in [3.05, 3.63) is 0 Å². The molecule has 1 unspecified atom stereocenters. The zero-order valence-corrected chi connectivity index (χ0v) is 11.2. The van der Waals surface area contributed by atoms with Gasteiger partial charge in [0.1, 0.15) is 12.1 Å². The van der Waals surface area contributed by atoms with E-state index in [-0.39, 0.29) is 12.8 Å². The predicted molar refractivity (Wildman–Crippen MR) is 66.1 cm³/mol. The van der Waals surface area contributed by atoms with Gasteiger partial charge in [-0.15, -0.1) is 0 Å². The number of carboxylic acid groups (broad SMARTS) is 2. The number of rotatable bonds is 6. The molecule has 0 spiro atoms. The fraction of sp³-hybridized carbons (Fsp3) is 0.545. The second kappa shape index (κ2) is 6.68. The van der Waals surface area contributed by atoms with Crippen LogP contribution in [0.25, 0.3) is 0 Å². The van der Waals surface area contributed by atoms with Gasteiger partial charge in [-0.1, -0.05) is 0 Å². The summed E-state index contributed by atoms with van der Waals surface area (Å²) in [6.07, 6.45) is -0.925. The monoisotopic (exact) mass is 301 g/mol. The molecule has 0 bridgehead atoms. The Morgan fingerprint density at radius 2 is 1.95 bits per heavy atom. The van der Waals surface area contributed by atoms with Crippen molar-refractivity contribution in [2.75, 3.05) is 7.05 Å². The maximum Gasteiger partial charge on any atom is 0.326 e. The second-order valence-electron chi connectivity index (χ2n) is 4.49. The minimum atomic E-state index is -1.40. The number of carbonyl (C=O) groups excluding carboxylic acids is 3. The van der Waals surface area contributed by atoms with Crippen molar-refractivity contribution < 1.29 is 34.2 Å². The van der Waals surface area contributed by atoms with Crippen molar-refractivity contribution in [1.82, 2.24) is 15.5 Å². The van der Waals surface area contributed by atoms with Crippen LogP contribution in [-0.2, 0) is 19.2 Å². The molecule has 0 aliphatic carbocycles. The van der Waals surface area contributed by atoms with Gasteiger partial charge in [0.15, 0.2) is 0 Å². The lowest BCUT2D eigenvalue weighted by molar-refractivity contribution is -0.141. The van der Waals surface area contributed by atoms with Crippen LogP contribution in [0.4, 0.5) is 4.79 Å². The molecule has 10 nitrogen and oxygen atoms in total. The highest BCUT2D eigenvalue weighted by Gasteiger charge is 2.37. The number of hydrogen-bond acceptors (Lipinski definition) is 5. The Labute approximate surface area is 119 Å². The normalized spacial score (nSPS) is 19.3. The van der Waals surface area contributed by atoms with Crippen molar-refractivity contribution in [3.63, 3.8) is 0 Å². The number of aliphatic carboxylic acids is 2. The number of likely N-dealkylation sites (tertiary alicyclic amines) is 1. The summed E-state index contributed by atoms with van der Waals surface area (Å²) < 4.78 is 0. The van der Waals surface area contributed by atoms with E-state index in [0.29, 0.717) is 0 Å². The predicted octanol–water partition coefficient (Wildman–Crippen LogP) is -1.64. The number of nitrogens with zero attached hydrogens (tertiary/aromatic N) is 1. The van der Waals surface area contributed by atoms with Gasteiger partial charge in [-0.05, 0) is 6.42 Å². The van der Waals surface area contributed by atoms with E-state index in [2.05, 4.69) is 10.6 Å². The molecule has 2 atom stereocenters. The highest BCUT2D eigenvalue weighted by molar-refractivity contribution is 6.06. The molecule has 0 aromatic heterocycles. The van der Waals surface area contributed by atoms with Crippen LogP contribution in [0.3, 0.4) is 0 Å². The van der Waals surface area contributed by atoms with Crippen molar-refractivity contribution in [3.8, 4) is 0 Å². The largest absolute Gasteiger partial charge is 0.481 e. The summed E-state index contributed by atoms with van der Waals surface area (Å²) in [5.74, 6) is -3.63. The Kier molecular flexibility index (Phi) is 5.22. The van der Waals surface area contributed by atoms with Crippen molar-refractivity contribution in [1.29, 1.82) is 0 Å². The molecule has 116 valence electrons. The molecular formula is C11H15N3O7. The van der Waals surface area contributed by atoms with Gasteiger partial charge in [-0.25, -0.2) is 9.59 Å². The number of hydrogen-bond donors (Lipinski definition) is 4. The average Bonchev–Trinajstić information content (AvgIpc) is 2.61. The Balaban J connectivity index is 2.54. The van der Waals surface area contributed by atoms with Crippen LogP contribution in [-0.4, -0.2) is 64.0 Å². The zero-order valence-electron chi connectivity index (χ0n) is 11.2. The van der Waals surface area contributed by atoms with Crippen LogP contribution in [0.15, 0.2) is 0 Å². The third-order valence-electron chi connectivity index (χ3n) is 2.94. The second-order valence-corrected chi connectivity index (χ2v) is 4.49. The fourth-order valence-corrected chi connectivity index (χ4v) is 1.75. The van der Waals surface area contributed by atoms with E-state index in [4.69, 9.17) is 10.2 Å². The van der Waals surface area contributed by atoms with Crippen LogP contribution >= 0.6 is 0 Å². The molecule has 0 radical (unpaired) electrons. The first-order chi connectivity index (χ1) is 9.72. The summed E-state index contributed by atoms with van der Waals surface area (Å²) in [7, 11) is 1.27. The molecule has 1 saturated heterocycles. The van der Waals surface area contributed by atoms with Gasteiger partial charge in [0.25, 0.3) is 5.91 Å². The summed E-state index contributed by atoms with van der Waals surface area (Å²) in [4.78, 5) is 56.6. The highest BCUT2D eigenvalue weighted by atomic mass is 16.4. The molecule has 10 heteroatoms. The first kappa shape index (κ1) is 16.4. The van der Waals surface area contributed by atoms with E-state index in [9.17, 15) is 24.0 Å². The Bertz CT molecular complexity index is 490. The summed E-state index contributed by atoms with van der Waals surface area (Å²) in [6.45, 7) is 0. The fourth-order valence-electron chi connectivity index (χ4n) is 1.75. The average molecular weight is 301 g/mol. The standard InChI is InChI=1S/C11H15N3O7/c1-14-7(15)4-6(9(14)18)13-11(21)12-5(10(19)20)2-3-8(16)17/h5-6H,2-4H2,1H3,(H,16,17)(H,19,20)(H2,12,13,21)/t5-,6?/m0/s1. The molecule has 4 N–H and O–H groups in total.